The lowest BCUT2D eigenvalue weighted by Crippen LogP contribution is -2.15. The highest BCUT2D eigenvalue weighted by molar-refractivity contribution is 8.24. The summed E-state index contributed by atoms with van der Waals surface area (Å²) in [6.07, 6.45) is 1.56. The van der Waals surface area contributed by atoms with Gasteiger partial charge in [0.1, 0.15) is 0 Å². The van der Waals surface area contributed by atoms with Crippen molar-refractivity contribution < 1.29 is 0 Å². The van der Waals surface area contributed by atoms with Crippen LogP contribution in [0.25, 0.3) is 0 Å². The van der Waals surface area contributed by atoms with Gasteiger partial charge in [-0.15, -0.1) is 25.3 Å². The zero-order chi connectivity index (χ0) is 6.20. The molecular weight excluding hydrogens is 162 g/mol. The van der Waals surface area contributed by atoms with Crippen LogP contribution < -0.4 is 5.84 Å². The molecule has 0 aromatic heterocycles. The maximum absolute atomic E-state index is 5.21. The predicted octanol–water partition coefficient (Wildman–Crippen LogP) is 0.323. The Morgan fingerprint density at radius 1 is 1.75 bits per heavy atom. The Kier molecular flexibility index (Phi) is 1.66. The molecule has 46 valence electrons. The molecule has 3 nitrogen and oxygen atoms in total. The first-order valence-electron chi connectivity index (χ1n) is 1.84. The molecule has 1 aliphatic rings. The van der Waals surface area contributed by atoms with Gasteiger partial charge < -0.3 is 0 Å². The van der Waals surface area contributed by atoms with Crippen molar-refractivity contribution in [3.05, 3.63) is 0 Å². The summed E-state index contributed by atoms with van der Waals surface area (Å²) in [6.45, 7) is 0. The number of hydrogen-bond donors (Lipinski definition) is 3. The van der Waals surface area contributed by atoms with E-state index in [-0.39, 0.29) is 0 Å². The fraction of sp³-hybridized carbons (Fsp3) is 0.500. The van der Waals surface area contributed by atoms with E-state index in [9.17, 15) is 0 Å². The fourth-order valence-electron chi connectivity index (χ4n) is 0.317. The molecule has 0 spiro atoms. The Hall–Kier alpha value is 0.480. The molecule has 1 heterocycles. The molecule has 2 N–H and O–H groups in total. The zero-order valence-electron chi connectivity index (χ0n) is 3.85. The molecule has 0 bridgehead atoms. The Bertz CT molecular complexity index is 122. The number of rotatable bonds is 0. The molecule has 0 unspecified atom stereocenters. The van der Waals surface area contributed by atoms with Crippen LogP contribution in [0.15, 0.2) is 5.10 Å². The average Bonchev–Trinajstić information content (AvgIpc) is 1.82. The van der Waals surface area contributed by atoms with Crippen molar-refractivity contribution in [2.75, 3.05) is 0 Å². The number of nitrogens with two attached hydrogens (primary N) is 1. The standard InChI is InChI=1S/C2H5N3S3/c3-5-4-1-2(6,7)8-5/h1,6-7H,3H2. The third-order valence-corrected chi connectivity index (χ3v) is 1.94. The molecule has 6 heteroatoms. The normalized spacial score (nSPS) is 24.6. The first kappa shape index (κ1) is 6.60. The molecule has 0 radical (unpaired) electrons. The van der Waals surface area contributed by atoms with Crippen LogP contribution >= 0.6 is 37.2 Å². The van der Waals surface area contributed by atoms with E-state index in [4.69, 9.17) is 5.84 Å². The highest BCUT2D eigenvalue weighted by atomic mass is 32.2. The molecule has 0 fully saturated rings. The van der Waals surface area contributed by atoms with Gasteiger partial charge in [0.15, 0.2) is 3.41 Å². The fourth-order valence-corrected chi connectivity index (χ4v) is 1.39. The van der Waals surface area contributed by atoms with Crippen molar-refractivity contribution in [3.63, 3.8) is 0 Å². The van der Waals surface area contributed by atoms with Crippen LogP contribution in [0.2, 0.25) is 0 Å². The lowest BCUT2D eigenvalue weighted by atomic mass is 10.9. The third-order valence-electron chi connectivity index (χ3n) is 0.568. The van der Waals surface area contributed by atoms with Gasteiger partial charge in [-0.1, -0.05) is 0 Å². The van der Waals surface area contributed by atoms with Crippen molar-refractivity contribution in [1.29, 1.82) is 0 Å². The minimum absolute atomic E-state index is 0.519. The molecule has 1 aliphatic heterocycles. The Morgan fingerprint density at radius 2 is 2.38 bits per heavy atom. The van der Waals surface area contributed by atoms with Crippen molar-refractivity contribution in [2.24, 2.45) is 10.9 Å². The maximum Gasteiger partial charge on any atom is 0.161 e. The number of hydrazine groups is 1. The topological polar surface area (TPSA) is 41.6 Å². The van der Waals surface area contributed by atoms with E-state index in [1.807, 2.05) is 0 Å². The highest BCUT2D eigenvalue weighted by Gasteiger charge is 2.26. The van der Waals surface area contributed by atoms with E-state index < -0.39 is 3.41 Å². The largest absolute Gasteiger partial charge is 0.220 e. The van der Waals surface area contributed by atoms with E-state index >= 15 is 0 Å². The minimum atomic E-state index is -0.519. The molecule has 0 aromatic rings. The van der Waals surface area contributed by atoms with Crippen molar-refractivity contribution in [1.82, 2.24) is 4.52 Å². The van der Waals surface area contributed by atoms with Crippen LogP contribution in [0.4, 0.5) is 0 Å². The number of nitrogens with zero attached hydrogens (tertiary/aromatic N) is 2. The van der Waals surface area contributed by atoms with Gasteiger partial charge in [0.2, 0.25) is 0 Å². The number of hydrazone groups is 1. The van der Waals surface area contributed by atoms with Crippen LogP contribution in [0.3, 0.4) is 0 Å². The van der Waals surface area contributed by atoms with Crippen molar-refractivity contribution in [2.45, 2.75) is 3.41 Å². The van der Waals surface area contributed by atoms with E-state index in [2.05, 4.69) is 30.4 Å². The summed E-state index contributed by atoms with van der Waals surface area (Å²) in [6, 6.07) is 0. The van der Waals surface area contributed by atoms with Gasteiger partial charge in [-0.25, -0.2) is 5.84 Å². The van der Waals surface area contributed by atoms with Crippen LogP contribution in [0.5, 0.6) is 0 Å². The van der Waals surface area contributed by atoms with E-state index in [0.717, 1.165) is 0 Å². The number of thiol groups is 2. The Morgan fingerprint density at radius 3 is 2.50 bits per heavy atom. The van der Waals surface area contributed by atoms with Crippen LogP contribution in [-0.2, 0) is 0 Å². The summed E-state index contributed by atoms with van der Waals surface area (Å²) in [5, 5.41) is 3.69. The van der Waals surface area contributed by atoms with Gasteiger partial charge in [0, 0.05) is 11.9 Å². The molecule has 0 atom stereocenters. The van der Waals surface area contributed by atoms with E-state index in [0.29, 0.717) is 0 Å². The molecular formula is C2H5N3S3. The Balaban J connectivity index is 2.58. The predicted molar refractivity (Wildman–Crippen MR) is 42.8 cm³/mol. The SMILES string of the molecule is NN1N=CC(S)(S)S1. The van der Waals surface area contributed by atoms with Crippen molar-refractivity contribution in [3.8, 4) is 0 Å². The monoisotopic (exact) mass is 167 g/mol. The molecule has 0 saturated carbocycles. The van der Waals surface area contributed by atoms with Gasteiger partial charge in [-0.05, 0) is 0 Å². The van der Waals surface area contributed by atoms with Gasteiger partial charge in [0.25, 0.3) is 0 Å². The summed E-state index contributed by atoms with van der Waals surface area (Å²) in [7, 11) is 0. The molecule has 0 amide bonds. The van der Waals surface area contributed by atoms with E-state index in [1.54, 1.807) is 6.21 Å². The summed E-state index contributed by atoms with van der Waals surface area (Å²) in [5.41, 5.74) is 0. The molecule has 0 saturated heterocycles. The molecule has 0 aliphatic carbocycles. The maximum atomic E-state index is 5.21. The number of hydrogen-bond acceptors (Lipinski definition) is 6. The molecule has 0 aromatic carbocycles. The summed E-state index contributed by atoms with van der Waals surface area (Å²) in [5.74, 6) is 5.21. The van der Waals surface area contributed by atoms with Crippen LogP contribution in [0, 0.1) is 0 Å². The van der Waals surface area contributed by atoms with E-state index in [1.165, 1.54) is 16.5 Å². The summed E-state index contributed by atoms with van der Waals surface area (Å²) in [4.78, 5) is 0. The van der Waals surface area contributed by atoms with Crippen molar-refractivity contribution >= 4 is 43.4 Å². The molecule has 8 heavy (non-hydrogen) atoms. The second kappa shape index (κ2) is 2.02. The van der Waals surface area contributed by atoms with Crippen LogP contribution in [0.1, 0.15) is 0 Å². The third kappa shape index (κ3) is 1.48. The van der Waals surface area contributed by atoms with Gasteiger partial charge >= 0.3 is 0 Å². The average molecular weight is 167 g/mol. The second-order valence-electron chi connectivity index (χ2n) is 1.30. The lowest BCUT2D eigenvalue weighted by Gasteiger charge is -2.09. The first-order valence-corrected chi connectivity index (χ1v) is 3.51. The molecule has 1 rings (SSSR count). The second-order valence-corrected chi connectivity index (χ2v) is 4.87. The van der Waals surface area contributed by atoms with Gasteiger partial charge in [-0.3, -0.25) is 0 Å². The van der Waals surface area contributed by atoms with Gasteiger partial charge in [-0.2, -0.15) is 9.62 Å². The van der Waals surface area contributed by atoms with Crippen LogP contribution in [-0.4, -0.2) is 14.1 Å². The Labute approximate surface area is 62.6 Å². The zero-order valence-corrected chi connectivity index (χ0v) is 6.46. The smallest absolute Gasteiger partial charge is 0.161 e. The lowest BCUT2D eigenvalue weighted by molar-refractivity contribution is 0.548. The minimum Gasteiger partial charge on any atom is -0.220 e. The highest BCUT2D eigenvalue weighted by Crippen LogP contribution is 2.36. The van der Waals surface area contributed by atoms with Gasteiger partial charge in [0.05, 0.1) is 6.21 Å². The summed E-state index contributed by atoms with van der Waals surface area (Å²) < 4.78 is 0.703. The first-order chi connectivity index (χ1) is 3.60. The quantitative estimate of drug-likeness (QED) is 0.211. The summed E-state index contributed by atoms with van der Waals surface area (Å²) >= 11 is 9.37.